The lowest BCUT2D eigenvalue weighted by Crippen LogP contribution is -2.35. The second-order valence-corrected chi connectivity index (χ2v) is 5.60. The van der Waals surface area contributed by atoms with Crippen LogP contribution in [0.3, 0.4) is 0 Å². The topological polar surface area (TPSA) is 37.3 Å². The Hall–Kier alpha value is -1.29. The van der Waals surface area contributed by atoms with Gasteiger partial charge >= 0.3 is 0 Å². The van der Waals surface area contributed by atoms with Gasteiger partial charge in [0, 0.05) is 31.5 Å². The van der Waals surface area contributed by atoms with E-state index in [2.05, 4.69) is 22.9 Å². The van der Waals surface area contributed by atoms with E-state index in [0.717, 1.165) is 45.4 Å². The van der Waals surface area contributed by atoms with Crippen molar-refractivity contribution in [1.82, 2.24) is 14.8 Å². The number of rotatable bonds is 6. The van der Waals surface area contributed by atoms with E-state index in [0.29, 0.717) is 6.54 Å². The molecule has 1 aliphatic rings. The molecule has 0 saturated carbocycles. The lowest BCUT2D eigenvalue weighted by atomic mass is 10.2. The Morgan fingerprint density at radius 3 is 2.70 bits per heavy atom. The Balaban J connectivity index is 1.88. The van der Waals surface area contributed by atoms with E-state index in [1.165, 1.54) is 18.5 Å². The fraction of sp³-hybridized carbons (Fsp3) is 0.688. The predicted octanol–water partition coefficient (Wildman–Crippen LogP) is 2.39. The molecule has 1 aliphatic heterocycles. The van der Waals surface area contributed by atoms with Gasteiger partial charge in [-0.05, 0) is 37.9 Å². The zero-order valence-electron chi connectivity index (χ0n) is 12.6. The van der Waals surface area contributed by atoms with Gasteiger partial charge in [0.1, 0.15) is 6.54 Å². The standard InChI is InChI=1S/C16H27N3O/c1-2-9-17-13-15-8-7-12-19(15)14-16(20)18-10-5-3-4-6-11-18/h7-8,12,17H,2-6,9-11,13-14H2,1H3. The summed E-state index contributed by atoms with van der Waals surface area (Å²) < 4.78 is 2.08. The van der Waals surface area contributed by atoms with Gasteiger partial charge in [0.25, 0.3) is 0 Å². The summed E-state index contributed by atoms with van der Waals surface area (Å²) in [6.45, 7) is 6.37. The summed E-state index contributed by atoms with van der Waals surface area (Å²) in [4.78, 5) is 14.4. The minimum absolute atomic E-state index is 0.264. The quantitative estimate of drug-likeness (QED) is 0.811. The molecule has 0 bridgehead atoms. The molecule has 2 rings (SSSR count). The molecule has 0 atom stereocenters. The van der Waals surface area contributed by atoms with Crippen LogP contribution in [0, 0.1) is 0 Å². The van der Waals surface area contributed by atoms with Gasteiger partial charge in [-0.25, -0.2) is 0 Å². The van der Waals surface area contributed by atoms with Crippen molar-refractivity contribution >= 4 is 5.91 Å². The molecule has 1 N–H and O–H groups in total. The van der Waals surface area contributed by atoms with Crippen LogP contribution in [0.5, 0.6) is 0 Å². The zero-order chi connectivity index (χ0) is 14.2. The Morgan fingerprint density at radius 1 is 1.25 bits per heavy atom. The van der Waals surface area contributed by atoms with Gasteiger partial charge < -0.3 is 14.8 Å². The van der Waals surface area contributed by atoms with E-state index in [-0.39, 0.29) is 5.91 Å². The highest BCUT2D eigenvalue weighted by Crippen LogP contribution is 2.11. The number of carbonyl (C=O) groups excluding carboxylic acids is 1. The third-order valence-corrected chi connectivity index (χ3v) is 3.92. The van der Waals surface area contributed by atoms with E-state index < -0.39 is 0 Å². The third-order valence-electron chi connectivity index (χ3n) is 3.92. The molecule has 1 saturated heterocycles. The second kappa shape index (κ2) is 8.10. The Kier molecular flexibility index (Phi) is 6.12. The normalized spacial score (nSPS) is 16.1. The van der Waals surface area contributed by atoms with Crippen molar-refractivity contribution in [3.63, 3.8) is 0 Å². The van der Waals surface area contributed by atoms with Crippen molar-refractivity contribution in [3.8, 4) is 0 Å². The maximum Gasteiger partial charge on any atom is 0.242 e. The molecule has 20 heavy (non-hydrogen) atoms. The van der Waals surface area contributed by atoms with Crippen LogP contribution in [0.15, 0.2) is 18.3 Å². The van der Waals surface area contributed by atoms with Crippen molar-refractivity contribution in [2.24, 2.45) is 0 Å². The van der Waals surface area contributed by atoms with Crippen LogP contribution >= 0.6 is 0 Å². The SMILES string of the molecule is CCCNCc1cccn1CC(=O)N1CCCCCC1. The van der Waals surface area contributed by atoms with E-state index >= 15 is 0 Å². The maximum atomic E-state index is 12.4. The number of hydrogen-bond donors (Lipinski definition) is 1. The number of amides is 1. The highest BCUT2D eigenvalue weighted by molar-refractivity contribution is 5.76. The summed E-state index contributed by atoms with van der Waals surface area (Å²) in [5.74, 6) is 0.264. The smallest absolute Gasteiger partial charge is 0.242 e. The fourth-order valence-electron chi connectivity index (χ4n) is 2.72. The molecule has 112 valence electrons. The first-order chi connectivity index (χ1) is 9.81. The lowest BCUT2D eigenvalue weighted by molar-refractivity contribution is -0.131. The number of aromatic nitrogens is 1. The van der Waals surface area contributed by atoms with Crippen molar-refractivity contribution in [3.05, 3.63) is 24.0 Å². The number of hydrogen-bond acceptors (Lipinski definition) is 2. The minimum atomic E-state index is 0.264. The molecule has 4 heteroatoms. The summed E-state index contributed by atoms with van der Waals surface area (Å²) in [5.41, 5.74) is 1.20. The van der Waals surface area contributed by atoms with Gasteiger partial charge in [-0.1, -0.05) is 19.8 Å². The van der Waals surface area contributed by atoms with E-state index in [1.54, 1.807) is 0 Å². The number of nitrogens with one attached hydrogen (secondary N) is 1. The molecule has 2 heterocycles. The predicted molar refractivity (Wildman–Crippen MR) is 81.5 cm³/mol. The van der Waals surface area contributed by atoms with Crippen LogP contribution in [0.2, 0.25) is 0 Å². The molecule has 0 aromatic carbocycles. The summed E-state index contributed by atoms with van der Waals surface area (Å²) in [7, 11) is 0. The second-order valence-electron chi connectivity index (χ2n) is 5.60. The highest BCUT2D eigenvalue weighted by atomic mass is 16.2. The molecule has 0 radical (unpaired) electrons. The minimum Gasteiger partial charge on any atom is -0.341 e. The van der Waals surface area contributed by atoms with Gasteiger partial charge in [0.15, 0.2) is 0 Å². The van der Waals surface area contributed by atoms with Crippen LogP contribution in [0.4, 0.5) is 0 Å². The largest absolute Gasteiger partial charge is 0.341 e. The van der Waals surface area contributed by atoms with Crippen LogP contribution in [0.1, 0.15) is 44.7 Å². The summed E-state index contributed by atoms with van der Waals surface area (Å²) in [5, 5.41) is 3.39. The summed E-state index contributed by atoms with van der Waals surface area (Å²) >= 11 is 0. The molecule has 0 unspecified atom stereocenters. The maximum absolute atomic E-state index is 12.4. The average Bonchev–Trinajstić information content (AvgIpc) is 2.72. The van der Waals surface area contributed by atoms with Crippen LogP contribution in [-0.2, 0) is 17.9 Å². The van der Waals surface area contributed by atoms with Gasteiger partial charge in [0.2, 0.25) is 5.91 Å². The molecule has 4 nitrogen and oxygen atoms in total. The Bertz CT molecular complexity index is 406. The molecular formula is C16H27N3O. The summed E-state index contributed by atoms with van der Waals surface area (Å²) in [6, 6.07) is 4.12. The molecule has 1 amide bonds. The summed E-state index contributed by atoms with van der Waals surface area (Å²) in [6.07, 6.45) is 7.98. The van der Waals surface area contributed by atoms with Crippen LogP contribution in [-0.4, -0.2) is 35.0 Å². The molecule has 0 aliphatic carbocycles. The Morgan fingerprint density at radius 2 is 2.00 bits per heavy atom. The zero-order valence-corrected chi connectivity index (χ0v) is 12.6. The molecule has 0 spiro atoms. The molecule has 1 aromatic heterocycles. The first-order valence-corrected chi connectivity index (χ1v) is 7.93. The molecular weight excluding hydrogens is 250 g/mol. The molecule has 1 fully saturated rings. The van der Waals surface area contributed by atoms with Crippen molar-refractivity contribution in [2.75, 3.05) is 19.6 Å². The van der Waals surface area contributed by atoms with Crippen LogP contribution < -0.4 is 5.32 Å². The highest BCUT2D eigenvalue weighted by Gasteiger charge is 2.16. The van der Waals surface area contributed by atoms with Crippen LogP contribution in [0.25, 0.3) is 0 Å². The fourth-order valence-corrected chi connectivity index (χ4v) is 2.72. The van der Waals surface area contributed by atoms with E-state index in [9.17, 15) is 4.79 Å². The molecule has 1 aromatic rings. The van der Waals surface area contributed by atoms with E-state index in [1.807, 2.05) is 17.2 Å². The van der Waals surface area contributed by atoms with Gasteiger partial charge in [-0.3, -0.25) is 4.79 Å². The number of likely N-dealkylation sites (tertiary alicyclic amines) is 1. The van der Waals surface area contributed by atoms with Gasteiger partial charge in [-0.15, -0.1) is 0 Å². The van der Waals surface area contributed by atoms with Crippen molar-refractivity contribution in [1.29, 1.82) is 0 Å². The van der Waals surface area contributed by atoms with Crippen molar-refractivity contribution < 1.29 is 4.79 Å². The van der Waals surface area contributed by atoms with Gasteiger partial charge in [0.05, 0.1) is 0 Å². The first kappa shape index (κ1) is 15.1. The number of carbonyl (C=O) groups is 1. The van der Waals surface area contributed by atoms with Gasteiger partial charge in [-0.2, -0.15) is 0 Å². The van der Waals surface area contributed by atoms with Crippen molar-refractivity contribution in [2.45, 2.75) is 52.1 Å². The number of nitrogens with zero attached hydrogens (tertiary/aromatic N) is 2. The lowest BCUT2D eigenvalue weighted by Gasteiger charge is -2.21. The monoisotopic (exact) mass is 277 g/mol. The first-order valence-electron chi connectivity index (χ1n) is 7.93. The average molecular weight is 277 g/mol. The Labute approximate surface area is 122 Å². The third kappa shape index (κ3) is 4.37. The van der Waals surface area contributed by atoms with E-state index in [4.69, 9.17) is 0 Å².